The Balaban J connectivity index is 3.01. The minimum absolute atomic E-state index is 0.0240. The fourth-order valence-corrected chi connectivity index (χ4v) is 1.28. The molecule has 1 rings (SSSR count). The molecule has 1 aromatic rings. The number of aliphatic hydroxyl groups is 2. The van der Waals surface area contributed by atoms with Gasteiger partial charge in [0.25, 0.3) is 0 Å². The van der Waals surface area contributed by atoms with Crippen LogP contribution in [0.4, 0.5) is 4.39 Å². The van der Waals surface area contributed by atoms with Crippen molar-refractivity contribution in [3.05, 3.63) is 35.1 Å². The van der Waals surface area contributed by atoms with Crippen LogP contribution >= 0.6 is 0 Å². The summed E-state index contributed by atoms with van der Waals surface area (Å²) in [6.07, 6.45) is -2.49. The molecule has 4 nitrogen and oxygen atoms in total. The fraction of sp³-hybridized carbons (Fsp3) is 0.400. The Hall–Kier alpha value is -1.01. The first kappa shape index (κ1) is 12.1. The molecule has 0 spiro atoms. The third kappa shape index (κ3) is 2.73. The molecule has 0 heterocycles. The lowest BCUT2D eigenvalue weighted by Crippen LogP contribution is -2.27. The number of hydrogen-bond acceptors (Lipinski definition) is 4. The molecule has 0 aliphatic rings. The van der Waals surface area contributed by atoms with Gasteiger partial charge in [0.15, 0.2) is 0 Å². The molecule has 0 amide bonds. The van der Waals surface area contributed by atoms with Crippen molar-refractivity contribution in [2.45, 2.75) is 18.8 Å². The minimum atomic E-state index is -1.32. The van der Waals surface area contributed by atoms with E-state index in [1.807, 2.05) is 0 Å². The van der Waals surface area contributed by atoms with Crippen molar-refractivity contribution in [3.63, 3.8) is 0 Å². The molecule has 6 N–H and O–H groups in total. The predicted octanol–water partition coefficient (Wildman–Crippen LogP) is -0.363. The SMILES string of the molecule is NCc1ccc(F)c(C(O)C(O)CN)c1. The van der Waals surface area contributed by atoms with Gasteiger partial charge in [-0.15, -0.1) is 0 Å². The summed E-state index contributed by atoms with van der Waals surface area (Å²) < 4.78 is 13.3. The molecule has 0 aliphatic carbocycles. The molecule has 0 fully saturated rings. The molecule has 1 aromatic carbocycles. The quantitative estimate of drug-likeness (QED) is 0.550. The highest BCUT2D eigenvalue weighted by Crippen LogP contribution is 2.21. The van der Waals surface area contributed by atoms with E-state index in [4.69, 9.17) is 11.5 Å². The number of aliphatic hydroxyl groups excluding tert-OH is 2. The third-order valence-corrected chi connectivity index (χ3v) is 2.22. The van der Waals surface area contributed by atoms with Gasteiger partial charge in [-0.3, -0.25) is 0 Å². The lowest BCUT2D eigenvalue weighted by molar-refractivity contribution is 0.0221. The molecule has 0 aliphatic heterocycles. The number of halogens is 1. The Morgan fingerprint density at radius 2 is 1.93 bits per heavy atom. The molecule has 84 valence electrons. The van der Waals surface area contributed by atoms with Gasteiger partial charge in [0.1, 0.15) is 11.9 Å². The summed E-state index contributed by atoms with van der Waals surface area (Å²) in [5.41, 5.74) is 11.3. The highest BCUT2D eigenvalue weighted by molar-refractivity contribution is 5.27. The minimum Gasteiger partial charge on any atom is -0.389 e. The van der Waals surface area contributed by atoms with Gasteiger partial charge < -0.3 is 21.7 Å². The average molecular weight is 214 g/mol. The van der Waals surface area contributed by atoms with E-state index < -0.39 is 18.0 Å². The molecular formula is C10H15FN2O2. The Morgan fingerprint density at radius 3 is 2.47 bits per heavy atom. The maximum absolute atomic E-state index is 13.3. The van der Waals surface area contributed by atoms with E-state index in [9.17, 15) is 14.6 Å². The summed E-state index contributed by atoms with van der Waals surface area (Å²) >= 11 is 0. The molecule has 2 unspecified atom stereocenters. The largest absolute Gasteiger partial charge is 0.389 e. The maximum atomic E-state index is 13.3. The molecule has 15 heavy (non-hydrogen) atoms. The van der Waals surface area contributed by atoms with Gasteiger partial charge in [-0.05, 0) is 17.7 Å². The molecule has 0 radical (unpaired) electrons. The zero-order valence-electron chi connectivity index (χ0n) is 8.23. The van der Waals surface area contributed by atoms with E-state index in [1.54, 1.807) is 0 Å². The highest BCUT2D eigenvalue weighted by Gasteiger charge is 2.20. The molecule has 0 saturated heterocycles. The molecule has 0 bridgehead atoms. The van der Waals surface area contributed by atoms with Crippen LogP contribution in [0.2, 0.25) is 0 Å². The first-order valence-corrected chi connectivity index (χ1v) is 4.64. The zero-order chi connectivity index (χ0) is 11.4. The summed E-state index contributed by atoms with van der Waals surface area (Å²) in [6.45, 7) is 0.117. The van der Waals surface area contributed by atoms with Crippen LogP contribution in [0.3, 0.4) is 0 Å². The Morgan fingerprint density at radius 1 is 1.27 bits per heavy atom. The van der Waals surface area contributed by atoms with Gasteiger partial charge in [-0.25, -0.2) is 4.39 Å². The monoisotopic (exact) mass is 214 g/mol. The second-order valence-electron chi connectivity index (χ2n) is 3.31. The fourth-order valence-electron chi connectivity index (χ4n) is 1.28. The van der Waals surface area contributed by atoms with E-state index in [1.165, 1.54) is 18.2 Å². The summed E-state index contributed by atoms with van der Waals surface area (Å²) in [4.78, 5) is 0. The normalized spacial score (nSPS) is 15.0. The van der Waals surface area contributed by atoms with Crippen molar-refractivity contribution in [1.29, 1.82) is 0 Å². The van der Waals surface area contributed by atoms with Crippen LogP contribution in [0, 0.1) is 5.82 Å². The van der Waals surface area contributed by atoms with Gasteiger partial charge >= 0.3 is 0 Å². The number of benzene rings is 1. The van der Waals surface area contributed by atoms with Crippen LogP contribution in [0.15, 0.2) is 18.2 Å². The molecule has 2 atom stereocenters. The lowest BCUT2D eigenvalue weighted by Gasteiger charge is -2.17. The Kier molecular flexibility index (Phi) is 4.16. The smallest absolute Gasteiger partial charge is 0.129 e. The third-order valence-electron chi connectivity index (χ3n) is 2.22. The van der Waals surface area contributed by atoms with E-state index in [0.717, 1.165) is 0 Å². The van der Waals surface area contributed by atoms with Gasteiger partial charge in [0, 0.05) is 18.7 Å². The van der Waals surface area contributed by atoms with Crippen LogP contribution in [-0.2, 0) is 6.54 Å². The van der Waals surface area contributed by atoms with Crippen molar-refractivity contribution in [3.8, 4) is 0 Å². The summed E-state index contributed by atoms with van der Waals surface area (Å²) in [5, 5.41) is 18.9. The van der Waals surface area contributed by atoms with Crippen molar-refractivity contribution in [2.24, 2.45) is 11.5 Å². The van der Waals surface area contributed by atoms with E-state index in [0.29, 0.717) is 5.56 Å². The maximum Gasteiger partial charge on any atom is 0.129 e. The van der Waals surface area contributed by atoms with Gasteiger partial charge in [-0.1, -0.05) is 6.07 Å². The molecule has 0 aromatic heterocycles. The predicted molar refractivity (Wildman–Crippen MR) is 54.3 cm³/mol. The summed E-state index contributed by atoms with van der Waals surface area (Å²) in [6, 6.07) is 4.17. The van der Waals surface area contributed by atoms with Crippen LogP contribution in [0.25, 0.3) is 0 Å². The van der Waals surface area contributed by atoms with Crippen molar-refractivity contribution < 1.29 is 14.6 Å². The highest BCUT2D eigenvalue weighted by atomic mass is 19.1. The number of nitrogens with two attached hydrogens (primary N) is 2. The van der Waals surface area contributed by atoms with Crippen molar-refractivity contribution in [1.82, 2.24) is 0 Å². The Bertz CT molecular complexity index is 333. The zero-order valence-corrected chi connectivity index (χ0v) is 8.23. The molecule has 0 saturated carbocycles. The summed E-state index contributed by atoms with van der Waals surface area (Å²) in [5.74, 6) is -0.577. The van der Waals surface area contributed by atoms with Crippen molar-refractivity contribution in [2.75, 3.05) is 6.54 Å². The lowest BCUT2D eigenvalue weighted by atomic mass is 10.0. The van der Waals surface area contributed by atoms with Crippen LogP contribution < -0.4 is 11.5 Å². The topological polar surface area (TPSA) is 92.5 Å². The second-order valence-corrected chi connectivity index (χ2v) is 3.31. The Labute approximate surface area is 87.3 Å². The first-order chi connectivity index (χ1) is 7.10. The molecular weight excluding hydrogens is 199 g/mol. The standard InChI is InChI=1S/C10H15FN2O2/c11-8-2-1-6(4-12)3-7(8)10(15)9(14)5-13/h1-3,9-10,14-15H,4-5,12-13H2. The van der Waals surface area contributed by atoms with E-state index in [2.05, 4.69) is 0 Å². The first-order valence-electron chi connectivity index (χ1n) is 4.64. The van der Waals surface area contributed by atoms with Gasteiger partial charge in [-0.2, -0.15) is 0 Å². The van der Waals surface area contributed by atoms with E-state index >= 15 is 0 Å². The number of rotatable bonds is 4. The second kappa shape index (κ2) is 5.18. The molecule has 5 heteroatoms. The van der Waals surface area contributed by atoms with Crippen LogP contribution in [-0.4, -0.2) is 22.9 Å². The average Bonchev–Trinajstić information content (AvgIpc) is 2.27. The van der Waals surface area contributed by atoms with Crippen LogP contribution in [0.5, 0.6) is 0 Å². The van der Waals surface area contributed by atoms with E-state index in [-0.39, 0.29) is 18.7 Å². The van der Waals surface area contributed by atoms with Gasteiger partial charge in [0.05, 0.1) is 6.10 Å². The number of hydrogen-bond donors (Lipinski definition) is 4. The van der Waals surface area contributed by atoms with Crippen LogP contribution in [0.1, 0.15) is 17.2 Å². The van der Waals surface area contributed by atoms with Crippen molar-refractivity contribution >= 4 is 0 Å². The van der Waals surface area contributed by atoms with Gasteiger partial charge in [0.2, 0.25) is 0 Å². The summed E-state index contributed by atoms with van der Waals surface area (Å²) in [7, 11) is 0.